The summed E-state index contributed by atoms with van der Waals surface area (Å²) in [4.78, 5) is 12.3. The first-order valence-electron chi connectivity index (χ1n) is 7.07. The van der Waals surface area contributed by atoms with Gasteiger partial charge in [0, 0.05) is 36.6 Å². The summed E-state index contributed by atoms with van der Waals surface area (Å²) in [6.45, 7) is 2.76. The molecule has 1 unspecified atom stereocenters. The molecular formula is C17H20O3S. The van der Waals surface area contributed by atoms with Gasteiger partial charge >= 0.3 is 0 Å². The fraction of sp³-hybridized carbons (Fsp3) is 0.353. The number of carbonyl (C=O) groups is 1. The maximum absolute atomic E-state index is 12.3. The molecule has 0 fully saturated rings. The first kappa shape index (κ1) is 15.7. The predicted octanol–water partition coefficient (Wildman–Crippen LogP) is 4.17. The fourth-order valence-corrected chi connectivity index (χ4v) is 2.70. The smallest absolute Gasteiger partial charge is 0.193 e. The van der Waals surface area contributed by atoms with Crippen molar-refractivity contribution in [2.24, 2.45) is 0 Å². The topological polar surface area (TPSA) is 35.5 Å². The summed E-state index contributed by atoms with van der Waals surface area (Å²) in [5, 5.41) is 3.77. The third-order valence-corrected chi connectivity index (χ3v) is 3.96. The number of thiophene rings is 1. The molecule has 0 saturated heterocycles. The Labute approximate surface area is 129 Å². The van der Waals surface area contributed by atoms with Crippen LogP contribution in [0.25, 0.3) is 0 Å². The number of carbonyl (C=O) groups excluding carboxylic acids is 1. The molecule has 0 amide bonds. The average molecular weight is 304 g/mol. The Bertz CT molecular complexity index is 563. The molecule has 2 rings (SSSR count). The monoisotopic (exact) mass is 304 g/mol. The summed E-state index contributed by atoms with van der Waals surface area (Å²) in [5.74, 6) is 0.769. The van der Waals surface area contributed by atoms with Crippen LogP contribution < -0.4 is 4.74 Å². The molecule has 1 atom stereocenters. The zero-order valence-corrected chi connectivity index (χ0v) is 13.2. The highest BCUT2D eigenvalue weighted by atomic mass is 32.1. The van der Waals surface area contributed by atoms with Crippen LogP contribution >= 0.6 is 11.3 Å². The van der Waals surface area contributed by atoms with Crippen molar-refractivity contribution in [3.8, 4) is 5.75 Å². The number of hydrogen-bond acceptors (Lipinski definition) is 4. The van der Waals surface area contributed by atoms with E-state index in [4.69, 9.17) is 9.47 Å². The van der Waals surface area contributed by atoms with Gasteiger partial charge in [0.05, 0.1) is 0 Å². The van der Waals surface area contributed by atoms with Crippen molar-refractivity contribution in [2.75, 3.05) is 13.7 Å². The standard InChI is InChI=1S/C17H20O3S/c1-3-15(7-9-19-2)20-16-6-4-5-13(11-16)17(18)14-8-10-21-12-14/h4-6,8,10-12,15H,3,7,9H2,1-2H3. The first-order valence-corrected chi connectivity index (χ1v) is 8.01. The van der Waals surface area contributed by atoms with E-state index in [1.54, 1.807) is 7.11 Å². The van der Waals surface area contributed by atoms with E-state index >= 15 is 0 Å². The van der Waals surface area contributed by atoms with E-state index in [1.807, 2.05) is 41.1 Å². The van der Waals surface area contributed by atoms with Crippen LogP contribution in [0, 0.1) is 0 Å². The van der Waals surface area contributed by atoms with Crippen molar-refractivity contribution in [1.82, 2.24) is 0 Å². The Morgan fingerprint density at radius 3 is 2.81 bits per heavy atom. The largest absolute Gasteiger partial charge is 0.490 e. The molecule has 0 spiro atoms. The lowest BCUT2D eigenvalue weighted by molar-refractivity contribution is 0.103. The summed E-state index contributed by atoms with van der Waals surface area (Å²) in [6, 6.07) is 9.23. The molecular weight excluding hydrogens is 284 g/mol. The molecule has 0 bridgehead atoms. The Kier molecular flexibility index (Phi) is 5.96. The molecule has 0 aliphatic rings. The van der Waals surface area contributed by atoms with E-state index in [2.05, 4.69) is 6.92 Å². The fourth-order valence-electron chi connectivity index (χ4n) is 2.06. The van der Waals surface area contributed by atoms with Gasteiger partial charge < -0.3 is 9.47 Å². The zero-order chi connectivity index (χ0) is 15.1. The van der Waals surface area contributed by atoms with Crippen LogP contribution in [0.3, 0.4) is 0 Å². The molecule has 4 heteroatoms. The Hall–Kier alpha value is -1.65. The summed E-state index contributed by atoms with van der Waals surface area (Å²) in [5.41, 5.74) is 1.39. The Morgan fingerprint density at radius 2 is 2.14 bits per heavy atom. The second kappa shape index (κ2) is 7.96. The molecule has 0 N–H and O–H groups in total. The first-order chi connectivity index (χ1) is 10.2. The number of hydrogen-bond donors (Lipinski definition) is 0. The van der Waals surface area contributed by atoms with E-state index in [1.165, 1.54) is 11.3 Å². The Morgan fingerprint density at radius 1 is 1.29 bits per heavy atom. The lowest BCUT2D eigenvalue weighted by Crippen LogP contribution is -2.17. The molecule has 3 nitrogen and oxygen atoms in total. The van der Waals surface area contributed by atoms with Crippen molar-refractivity contribution < 1.29 is 14.3 Å². The summed E-state index contributed by atoms with van der Waals surface area (Å²) in [6.07, 6.45) is 1.86. The number of methoxy groups -OCH3 is 1. The maximum atomic E-state index is 12.3. The van der Waals surface area contributed by atoms with Gasteiger partial charge in [-0.25, -0.2) is 0 Å². The van der Waals surface area contributed by atoms with E-state index in [0.717, 1.165) is 24.2 Å². The van der Waals surface area contributed by atoms with Gasteiger partial charge in [0.25, 0.3) is 0 Å². The third-order valence-electron chi connectivity index (χ3n) is 3.28. The molecule has 0 saturated carbocycles. The van der Waals surface area contributed by atoms with Gasteiger partial charge in [0.2, 0.25) is 0 Å². The van der Waals surface area contributed by atoms with E-state index < -0.39 is 0 Å². The number of benzene rings is 1. The quantitative estimate of drug-likeness (QED) is 0.687. The van der Waals surface area contributed by atoms with Gasteiger partial charge in [-0.05, 0) is 30.0 Å². The van der Waals surface area contributed by atoms with Crippen LogP contribution in [0.2, 0.25) is 0 Å². The second-order valence-corrected chi connectivity index (χ2v) is 5.58. The van der Waals surface area contributed by atoms with Gasteiger partial charge in [-0.2, -0.15) is 11.3 Å². The summed E-state index contributed by atoms with van der Waals surface area (Å²) in [7, 11) is 1.69. The second-order valence-electron chi connectivity index (χ2n) is 4.80. The number of ether oxygens (including phenoxy) is 2. The van der Waals surface area contributed by atoms with E-state index in [-0.39, 0.29) is 11.9 Å². The number of rotatable bonds is 8. The molecule has 1 aromatic heterocycles. The molecule has 1 heterocycles. The maximum Gasteiger partial charge on any atom is 0.193 e. The van der Waals surface area contributed by atoms with Crippen molar-refractivity contribution in [3.05, 3.63) is 52.2 Å². The SMILES string of the molecule is CCC(CCOC)Oc1cccc(C(=O)c2ccsc2)c1. The molecule has 21 heavy (non-hydrogen) atoms. The Balaban J connectivity index is 2.08. The predicted molar refractivity (Wildman–Crippen MR) is 85.4 cm³/mol. The molecule has 1 aromatic carbocycles. The average Bonchev–Trinajstić information content (AvgIpc) is 3.05. The van der Waals surface area contributed by atoms with Crippen LogP contribution in [-0.2, 0) is 4.74 Å². The normalized spacial score (nSPS) is 12.1. The molecule has 0 aliphatic carbocycles. The van der Waals surface area contributed by atoms with Crippen molar-refractivity contribution in [3.63, 3.8) is 0 Å². The lowest BCUT2D eigenvalue weighted by atomic mass is 10.1. The van der Waals surface area contributed by atoms with Crippen LogP contribution in [0.15, 0.2) is 41.1 Å². The van der Waals surface area contributed by atoms with Gasteiger partial charge in [-0.15, -0.1) is 0 Å². The van der Waals surface area contributed by atoms with Gasteiger partial charge in [0.1, 0.15) is 11.9 Å². The van der Waals surface area contributed by atoms with E-state index in [9.17, 15) is 4.79 Å². The van der Waals surface area contributed by atoms with Crippen molar-refractivity contribution >= 4 is 17.1 Å². The van der Waals surface area contributed by atoms with Crippen LogP contribution in [0.4, 0.5) is 0 Å². The van der Waals surface area contributed by atoms with Gasteiger partial charge in [-0.3, -0.25) is 4.79 Å². The van der Waals surface area contributed by atoms with Crippen LogP contribution in [0.1, 0.15) is 35.7 Å². The molecule has 112 valence electrons. The minimum Gasteiger partial charge on any atom is -0.490 e. The van der Waals surface area contributed by atoms with Gasteiger partial charge in [0.15, 0.2) is 5.78 Å². The lowest BCUT2D eigenvalue weighted by Gasteiger charge is -2.17. The summed E-state index contributed by atoms with van der Waals surface area (Å²) >= 11 is 1.52. The summed E-state index contributed by atoms with van der Waals surface area (Å²) < 4.78 is 11.0. The third kappa shape index (κ3) is 4.41. The van der Waals surface area contributed by atoms with Crippen LogP contribution in [0.5, 0.6) is 5.75 Å². The highest BCUT2D eigenvalue weighted by Gasteiger charge is 2.12. The molecule has 0 aliphatic heterocycles. The highest BCUT2D eigenvalue weighted by molar-refractivity contribution is 7.08. The van der Waals surface area contributed by atoms with Crippen LogP contribution in [-0.4, -0.2) is 25.6 Å². The van der Waals surface area contributed by atoms with Gasteiger partial charge in [-0.1, -0.05) is 19.1 Å². The minimum absolute atomic E-state index is 0.0339. The molecule has 0 radical (unpaired) electrons. The van der Waals surface area contributed by atoms with Crippen molar-refractivity contribution in [2.45, 2.75) is 25.9 Å². The minimum atomic E-state index is 0.0339. The molecule has 2 aromatic rings. The van der Waals surface area contributed by atoms with E-state index in [0.29, 0.717) is 12.2 Å². The zero-order valence-electron chi connectivity index (χ0n) is 12.4. The number of ketones is 1. The highest BCUT2D eigenvalue weighted by Crippen LogP contribution is 2.20. The van der Waals surface area contributed by atoms with Crippen molar-refractivity contribution in [1.29, 1.82) is 0 Å².